The molecule has 1 aromatic rings. The van der Waals surface area contributed by atoms with Crippen molar-refractivity contribution in [1.82, 2.24) is 14.7 Å². The molecule has 0 radical (unpaired) electrons. The fourth-order valence-electron chi connectivity index (χ4n) is 3.38. The van der Waals surface area contributed by atoms with Crippen molar-refractivity contribution in [2.75, 3.05) is 0 Å². The first-order valence-electron chi connectivity index (χ1n) is 6.71. The SMILES string of the molecule is CCn1cc(CN2C3CCC2CC(O)C3)cn1. The van der Waals surface area contributed by atoms with Crippen molar-refractivity contribution >= 4 is 0 Å². The van der Waals surface area contributed by atoms with Crippen LogP contribution in [0, 0.1) is 0 Å². The summed E-state index contributed by atoms with van der Waals surface area (Å²) in [6, 6.07) is 1.18. The van der Waals surface area contributed by atoms with Gasteiger partial charge in [-0.15, -0.1) is 0 Å². The minimum absolute atomic E-state index is 0.0675. The summed E-state index contributed by atoms with van der Waals surface area (Å²) >= 11 is 0. The average molecular weight is 235 g/mol. The highest BCUT2D eigenvalue weighted by atomic mass is 16.3. The Labute approximate surface area is 102 Å². The molecule has 2 saturated heterocycles. The molecule has 2 unspecified atom stereocenters. The second-order valence-electron chi connectivity index (χ2n) is 5.39. The summed E-state index contributed by atoms with van der Waals surface area (Å²) in [5.41, 5.74) is 1.31. The zero-order valence-electron chi connectivity index (χ0n) is 10.4. The molecular weight excluding hydrogens is 214 g/mol. The molecule has 2 bridgehead atoms. The van der Waals surface area contributed by atoms with Gasteiger partial charge in [0, 0.05) is 36.9 Å². The monoisotopic (exact) mass is 235 g/mol. The Morgan fingerprint density at radius 3 is 2.65 bits per heavy atom. The summed E-state index contributed by atoms with van der Waals surface area (Å²) in [5, 5.41) is 14.1. The van der Waals surface area contributed by atoms with Crippen molar-refractivity contribution in [3.05, 3.63) is 18.0 Å². The number of hydrogen-bond acceptors (Lipinski definition) is 3. The lowest BCUT2D eigenvalue weighted by Gasteiger charge is -2.36. The van der Waals surface area contributed by atoms with E-state index in [1.165, 1.54) is 18.4 Å². The van der Waals surface area contributed by atoms with Gasteiger partial charge in [-0.05, 0) is 32.6 Å². The zero-order valence-corrected chi connectivity index (χ0v) is 10.4. The molecule has 17 heavy (non-hydrogen) atoms. The molecule has 0 aromatic carbocycles. The van der Waals surface area contributed by atoms with Crippen molar-refractivity contribution in [3.63, 3.8) is 0 Å². The molecule has 0 amide bonds. The summed E-state index contributed by atoms with van der Waals surface area (Å²) in [5.74, 6) is 0. The van der Waals surface area contributed by atoms with Gasteiger partial charge in [-0.25, -0.2) is 0 Å². The number of aliphatic hydroxyl groups is 1. The van der Waals surface area contributed by atoms with Gasteiger partial charge in [0.25, 0.3) is 0 Å². The Kier molecular flexibility index (Phi) is 2.92. The van der Waals surface area contributed by atoms with Gasteiger partial charge >= 0.3 is 0 Å². The summed E-state index contributed by atoms with van der Waals surface area (Å²) in [6.45, 7) is 4.05. The Morgan fingerprint density at radius 1 is 1.35 bits per heavy atom. The third kappa shape index (κ3) is 2.11. The molecule has 1 N–H and O–H groups in total. The van der Waals surface area contributed by atoms with Gasteiger partial charge < -0.3 is 5.11 Å². The first-order chi connectivity index (χ1) is 8.26. The molecule has 2 atom stereocenters. The van der Waals surface area contributed by atoms with Crippen LogP contribution in [0.15, 0.2) is 12.4 Å². The molecule has 4 heteroatoms. The maximum absolute atomic E-state index is 9.77. The Bertz CT molecular complexity index is 376. The van der Waals surface area contributed by atoms with E-state index in [1.54, 1.807) is 0 Å². The third-order valence-corrected chi connectivity index (χ3v) is 4.24. The van der Waals surface area contributed by atoms with E-state index in [0.717, 1.165) is 25.9 Å². The van der Waals surface area contributed by atoms with E-state index in [-0.39, 0.29) is 6.10 Å². The van der Waals surface area contributed by atoms with Crippen molar-refractivity contribution in [1.29, 1.82) is 0 Å². The largest absolute Gasteiger partial charge is 0.393 e. The van der Waals surface area contributed by atoms with Crippen molar-refractivity contribution in [3.8, 4) is 0 Å². The molecule has 3 rings (SSSR count). The lowest BCUT2D eigenvalue weighted by Crippen LogP contribution is -2.43. The molecule has 0 saturated carbocycles. The van der Waals surface area contributed by atoms with E-state index in [0.29, 0.717) is 12.1 Å². The molecule has 2 aliphatic heterocycles. The van der Waals surface area contributed by atoms with Crippen LogP contribution in [0.3, 0.4) is 0 Å². The van der Waals surface area contributed by atoms with Crippen LogP contribution in [-0.2, 0) is 13.1 Å². The number of aryl methyl sites for hydroxylation is 1. The van der Waals surface area contributed by atoms with Crippen molar-refractivity contribution in [2.24, 2.45) is 0 Å². The topological polar surface area (TPSA) is 41.3 Å². The highest BCUT2D eigenvalue weighted by Crippen LogP contribution is 2.36. The molecule has 2 aliphatic rings. The zero-order chi connectivity index (χ0) is 11.8. The molecule has 94 valence electrons. The fraction of sp³-hybridized carbons (Fsp3) is 0.769. The molecule has 0 aliphatic carbocycles. The van der Waals surface area contributed by atoms with Gasteiger partial charge in [0.15, 0.2) is 0 Å². The number of aromatic nitrogens is 2. The van der Waals surface area contributed by atoms with E-state index in [1.807, 2.05) is 10.9 Å². The van der Waals surface area contributed by atoms with Crippen LogP contribution in [-0.4, -0.2) is 38.0 Å². The molecule has 0 spiro atoms. The number of hydrogen-bond donors (Lipinski definition) is 1. The van der Waals surface area contributed by atoms with Gasteiger partial charge in [-0.3, -0.25) is 9.58 Å². The van der Waals surface area contributed by atoms with Crippen LogP contribution in [0.4, 0.5) is 0 Å². The second-order valence-corrected chi connectivity index (χ2v) is 5.39. The summed E-state index contributed by atoms with van der Waals surface area (Å²) in [7, 11) is 0. The van der Waals surface area contributed by atoms with Crippen LogP contribution in [0.1, 0.15) is 38.2 Å². The van der Waals surface area contributed by atoms with Gasteiger partial charge in [0.2, 0.25) is 0 Å². The molecule has 4 nitrogen and oxygen atoms in total. The predicted octanol–water partition coefficient (Wildman–Crippen LogP) is 1.39. The molecule has 1 aromatic heterocycles. The van der Waals surface area contributed by atoms with Crippen LogP contribution >= 0.6 is 0 Å². The second kappa shape index (κ2) is 4.42. The number of piperidine rings is 1. The smallest absolute Gasteiger partial charge is 0.0570 e. The highest BCUT2D eigenvalue weighted by molar-refractivity contribution is 5.07. The van der Waals surface area contributed by atoms with Crippen LogP contribution < -0.4 is 0 Å². The lowest BCUT2D eigenvalue weighted by atomic mass is 9.99. The Balaban J connectivity index is 1.69. The first-order valence-corrected chi connectivity index (χ1v) is 6.71. The molecule has 2 fully saturated rings. The summed E-state index contributed by atoms with van der Waals surface area (Å²) < 4.78 is 1.98. The van der Waals surface area contributed by atoms with E-state index in [9.17, 15) is 5.11 Å². The van der Waals surface area contributed by atoms with Gasteiger partial charge in [-0.1, -0.05) is 0 Å². The van der Waals surface area contributed by atoms with Gasteiger partial charge in [-0.2, -0.15) is 5.10 Å². The first kappa shape index (κ1) is 11.2. The van der Waals surface area contributed by atoms with Crippen molar-refractivity contribution in [2.45, 2.75) is 63.9 Å². The normalized spacial score (nSPS) is 33.2. The van der Waals surface area contributed by atoms with E-state index < -0.39 is 0 Å². The average Bonchev–Trinajstić information content (AvgIpc) is 2.85. The number of fused-ring (bicyclic) bond motifs is 2. The van der Waals surface area contributed by atoms with Crippen molar-refractivity contribution < 1.29 is 5.11 Å². The summed E-state index contributed by atoms with van der Waals surface area (Å²) in [4.78, 5) is 2.57. The van der Waals surface area contributed by atoms with Crippen LogP contribution in [0.25, 0.3) is 0 Å². The third-order valence-electron chi connectivity index (χ3n) is 4.24. The lowest BCUT2D eigenvalue weighted by molar-refractivity contribution is 0.0310. The Morgan fingerprint density at radius 2 is 2.06 bits per heavy atom. The molecule has 3 heterocycles. The predicted molar refractivity (Wildman–Crippen MR) is 65.5 cm³/mol. The van der Waals surface area contributed by atoms with Gasteiger partial charge in [0.1, 0.15) is 0 Å². The quantitative estimate of drug-likeness (QED) is 0.861. The molecular formula is C13H21N3O. The van der Waals surface area contributed by atoms with Gasteiger partial charge in [0.05, 0.1) is 12.3 Å². The maximum atomic E-state index is 9.77. The number of rotatable bonds is 3. The van der Waals surface area contributed by atoms with E-state index >= 15 is 0 Å². The minimum atomic E-state index is -0.0675. The Hall–Kier alpha value is -0.870. The minimum Gasteiger partial charge on any atom is -0.393 e. The van der Waals surface area contributed by atoms with E-state index in [4.69, 9.17) is 0 Å². The highest BCUT2D eigenvalue weighted by Gasteiger charge is 2.39. The van der Waals surface area contributed by atoms with Crippen LogP contribution in [0.5, 0.6) is 0 Å². The van der Waals surface area contributed by atoms with E-state index in [2.05, 4.69) is 23.1 Å². The standard InChI is InChI=1S/C13H21N3O/c1-2-15-8-10(7-14-15)9-16-11-3-4-12(16)6-13(17)5-11/h7-8,11-13,17H,2-6,9H2,1H3. The maximum Gasteiger partial charge on any atom is 0.0570 e. The number of aliphatic hydroxyl groups excluding tert-OH is 1. The fourth-order valence-corrected chi connectivity index (χ4v) is 3.38. The summed E-state index contributed by atoms with van der Waals surface area (Å²) in [6.07, 6.45) is 8.48. The van der Waals surface area contributed by atoms with Crippen LogP contribution in [0.2, 0.25) is 0 Å². The number of nitrogens with zero attached hydrogens (tertiary/aromatic N) is 3.